The normalized spacial score (nSPS) is 16.6. The first-order valence-corrected chi connectivity index (χ1v) is 8.57. The summed E-state index contributed by atoms with van der Waals surface area (Å²) in [5, 5.41) is 5.15. The van der Waals surface area contributed by atoms with Crippen LogP contribution in [0.3, 0.4) is 0 Å². The fourth-order valence-electron chi connectivity index (χ4n) is 2.20. The second kappa shape index (κ2) is 7.85. The highest BCUT2D eigenvalue weighted by Gasteiger charge is 2.24. The van der Waals surface area contributed by atoms with Gasteiger partial charge in [-0.3, -0.25) is 14.9 Å². The zero-order chi connectivity index (χ0) is 17.6. The Morgan fingerprint density at radius 2 is 2.04 bits per heavy atom. The van der Waals surface area contributed by atoms with Gasteiger partial charge in [-0.05, 0) is 54.6 Å². The van der Waals surface area contributed by atoms with E-state index in [-0.39, 0.29) is 17.2 Å². The highest BCUT2D eigenvalue weighted by Crippen LogP contribution is 2.26. The first kappa shape index (κ1) is 17.0. The molecule has 0 spiro atoms. The summed E-state index contributed by atoms with van der Waals surface area (Å²) in [7, 11) is 0. The molecule has 1 fully saturated rings. The standard InChI is InChI=1S/C18H17N3O3S/c1-12(20-16-4-2-3-9-19-16)11-24-14-7-5-13(6-8-14)10-15-17(22)21-18(23)25-15/h2-10,12H,11H2,1H3,(H,19,20)(H,21,22,23)/b15-10+. The van der Waals surface area contributed by atoms with Gasteiger partial charge in [0.2, 0.25) is 0 Å². The maximum absolute atomic E-state index is 11.5. The maximum atomic E-state index is 11.5. The Balaban J connectivity index is 1.53. The minimum Gasteiger partial charge on any atom is -0.491 e. The second-order valence-electron chi connectivity index (χ2n) is 5.49. The largest absolute Gasteiger partial charge is 0.491 e. The van der Waals surface area contributed by atoms with Crippen molar-refractivity contribution in [3.8, 4) is 5.75 Å². The van der Waals surface area contributed by atoms with Gasteiger partial charge >= 0.3 is 0 Å². The first-order valence-electron chi connectivity index (χ1n) is 7.75. The predicted octanol–water partition coefficient (Wildman–Crippen LogP) is 3.28. The molecule has 1 aliphatic rings. The number of hydrogen-bond donors (Lipinski definition) is 2. The van der Waals surface area contributed by atoms with Gasteiger partial charge in [0.05, 0.1) is 10.9 Å². The van der Waals surface area contributed by atoms with Crippen LogP contribution < -0.4 is 15.4 Å². The highest BCUT2D eigenvalue weighted by atomic mass is 32.2. The number of imide groups is 1. The molecule has 0 radical (unpaired) electrons. The molecule has 25 heavy (non-hydrogen) atoms. The van der Waals surface area contributed by atoms with E-state index in [0.717, 1.165) is 28.9 Å². The number of aromatic nitrogens is 1. The molecule has 1 atom stereocenters. The van der Waals surface area contributed by atoms with Crippen LogP contribution in [0.4, 0.5) is 10.6 Å². The van der Waals surface area contributed by atoms with E-state index in [1.165, 1.54) is 0 Å². The van der Waals surface area contributed by atoms with Crippen LogP contribution in [0.2, 0.25) is 0 Å². The minimum atomic E-state index is -0.357. The SMILES string of the molecule is CC(COc1ccc(/C=C2/SC(=O)NC2=O)cc1)Nc1ccccn1. The van der Waals surface area contributed by atoms with Crippen LogP contribution in [-0.2, 0) is 4.79 Å². The fraction of sp³-hybridized carbons (Fsp3) is 0.167. The molecule has 2 amide bonds. The maximum Gasteiger partial charge on any atom is 0.290 e. The van der Waals surface area contributed by atoms with E-state index >= 15 is 0 Å². The van der Waals surface area contributed by atoms with Gasteiger partial charge in [-0.25, -0.2) is 4.98 Å². The van der Waals surface area contributed by atoms with E-state index in [0.29, 0.717) is 11.5 Å². The predicted molar refractivity (Wildman–Crippen MR) is 98.4 cm³/mol. The number of anilines is 1. The zero-order valence-electron chi connectivity index (χ0n) is 13.6. The monoisotopic (exact) mass is 355 g/mol. The smallest absolute Gasteiger partial charge is 0.290 e. The lowest BCUT2D eigenvalue weighted by Crippen LogP contribution is -2.23. The van der Waals surface area contributed by atoms with Gasteiger partial charge in [-0.2, -0.15) is 0 Å². The molecule has 0 bridgehead atoms. The molecule has 3 rings (SSSR count). The molecule has 1 aromatic carbocycles. The number of thioether (sulfide) groups is 1. The third-order valence-corrected chi connectivity index (χ3v) is 4.19. The number of ether oxygens (including phenoxy) is 1. The molecule has 0 saturated carbocycles. The number of pyridine rings is 1. The molecule has 1 aromatic heterocycles. The van der Waals surface area contributed by atoms with E-state index in [1.54, 1.807) is 12.3 Å². The van der Waals surface area contributed by atoms with Crippen LogP contribution in [0.15, 0.2) is 53.6 Å². The fourth-order valence-corrected chi connectivity index (χ4v) is 2.88. The molecular formula is C18H17N3O3S. The molecule has 128 valence electrons. The molecule has 6 nitrogen and oxygen atoms in total. The van der Waals surface area contributed by atoms with Gasteiger partial charge in [0.15, 0.2) is 0 Å². The molecule has 0 aliphatic carbocycles. The summed E-state index contributed by atoms with van der Waals surface area (Å²) < 4.78 is 5.75. The molecule has 2 aromatic rings. The highest BCUT2D eigenvalue weighted by molar-refractivity contribution is 8.18. The summed E-state index contributed by atoms with van der Waals surface area (Å²) in [6.07, 6.45) is 3.42. The van der Waals surface area contributed by atoms with Gasteiger partial charge in [0, 0.05) is 6.20 Å². The van der Waals surface area contributed by atoms with E-state index in [1.807, 2.05) is 49.4 Å². The average Bonchev–Trinajstić information content (AvgIpc) is 2.92. The number of nitrogens with zero attached hydrogens (tertiary/aromatic N) is 1. The molecule has 1 aliphatic heterocycles. The molecule has 2 N–H and O–H groups in total. The van der Waals surface area contributed by atoms with Crippen molar-refractivity contribution in [2.24, 2.45) is 0 Å². The van der Waals surface area contributed by atoms with Crippen LogP contribution in [0, 0.1) is 0 Å². The lowest BCUT2D eigenvalue weighted by molar-refractivity contribution is -0.115. The first-order chi connectivity index (χ1) is 12.1. The Morgan fingerprint density at radius 1 is 1.24 bits per heavy atom. The summed E-state index contributed by atoms with van der Waals surface area (Å²) in [6, 6.07) is 13.1. The van der Waals surface area contributed by atoms with E-state index in [2.05, 4.69) is 15.6 Å². The summed E-state index contributed by atoms with van der Waals surface area (Å²) in [6.45, 7) is 2.50. The Morgan fingerprint density at radius 3 is 2.68 bits per heavy atom. The van der Waals surface area contributed by atoms with Crippen molar-refractivity contribution in [1.82, 2.24) is 10.3 Å². The summed E-state index contributed by atoms with van der Waals surface area (Å²) >= 11 is 0.904. The van der Waals surface area contributed by atoms with E-state index in [4.69, 9.17) is 4.74 Å². The number of nitrogens with one attached hydrogen (secondary N) is 2. The molecule has 1 unspecified atom stereocenters. The summed E-state index contributed by atoms with van der Waals surface area (Å²) in [5.41, 5.74) is 0.833. The van der Waals surface area contributed by atoms with Crippen LogP contribution in [0.1, 0.15) is 12.5 Å². The molecular weight excluding hydrogens is 338 g/mol. The molecule has 1 saturated heterocycles. The van der Waals surface area contributed by atoms with Crippen molar-refractivity contribution in [3.63, 3.8) is 0 Å². The van der Waals surface area contributed by atoms with Crippen molar-refractivity contribution < 1.29 is 14.3 Å². The van der Waals surface area contributed by atoms with Gasteiger partial charge in [-0.1, -0.05) is 18.2 Å². The molecule has 2 heterocycles. The Labute approximate surface area is 149 Å². The number of rotatable bonds is 6. The van der Waals surface area contributed by atoms with Crippen molar-refractivity contribution in [3.05, 3.63) is 59.1 Å². The van der Waals surface area contributed by atoms with E-state index < -0.39 is 0 Å². The Bertz CT molecular complexity index is 791. The van der Waals surface area contributed by atoms with Crippen molar-refractivity contribution in [2.45, 2.75) is 13.0 Å². The van der Waals surface area contributed by atoms with Gasteiger partial charge in [-0.15, -0.1) is 0 Å². The third-order valence-electron chi connectivity index (χ3n) is 3.38. The minimum absolute atomic E-state index is 0.0984. The van der Waals surface area contributed by atoms with Crippen molar-refractivity contribution in [2.75, 3.05) is 11.9 Å². The number of hydrogen-bond acceptors (Lipinski definition) is 6. The Kier molecular flexibility index (Phi) is 5.35. The number of benzene rings is 1. The number of amides is 2. The van der Waals surface area contributed by atoms with Gasteiger partial charge in [0.25, 0.3) is 11.1 Å². The zero-order valence-corrected chi connectivity index (χ0v) is 14.4. The lowest BCUT2D eigenvalue weighted by atomic mass is 10.2. The Hall–Kier alpha value is -2.80. The van der Waals surface area contributed by atoms with Crippen LogP contribution in [-0.4, -0.2) is 28.8 Å². The van der Waals surface area contributed by atoms with Crippen molar-refractivity contribution >= 4 is 34.8 Å². The topological polar surface area (TPSA) is 80.3 Å². The van der Waals surface area contributed by atoms with Crippen molar-refractivity contribution in [1.29, 1.82) is 0 Å². The van der Waals surface area contributed by atoms with Crippen LogP contribution >= 0.6 is 11.8 Å². The summed E-state index contributed by atoms with van der Waals surface area (Å²) in [4.78, 5) is 27.3. The average molecular weight is 355 g/mol. The van der Waals surface area contributed by atoms with Crippen LogP contribution in [0.5, 0.6) is 5.75 Å². The number of carbonyl (C=O) groups is 2. The van der Waals surface area contributed by atoms with E-state index in [9.17, 15) is 9.59 Å². The number of carbonyl (C=O) groups excluding carboxylic acids is 2. The molecule has 7 heteroatoms. The summed E-state index contributed by atoms with van der Waals surface area (Å²) in [5.74, 6) is 1.18. The second-order valence-corrected chi connectivity index (χ2v) is 6.51. The van der Waals surface area contributed by atoms with Crippen LogP contribution in [0.25, 0.3) is 6.08 Å². The lowest BCUT2D eigenvalue weighted by Gasteiger charge is -2.15. The third kappa shape index (κ3) is 4.84. The quantitative estimate of drug-likeness (QED) is 0.774. The van der Waals surface area contributed by atoms with Gasteiger partial charge in [0.1, 0.15) is 18.2 Å². The van der Waals surface area contributed by atoms with Gasteiger partial charge < -0.3 is 10.1 Å².